The van der Waals surface area contributed by atoms with E-state index in [1.807, 2.05) is 0 Å². The highest BCUT2D eigenvalue weighted by atomic mass is 16.5. The van der Waals surface area contributed by atoms with Crippen molar-refractivity contribution in [3.8, 4) is 0 Å². The normalized spacial score (nSPS) is 17.6. The molecule has 1 fully saturated rings. The van der Waals surface area contributed by atoms with Gasteiger partial charge in [-0.1, -0.05) is 13.8 Å². The van der Waals surface area contributed by atoms with Crippen LogP contribution in [0.5, 0.6) is 0 Å². The van der Waals surface area contributed by atoms with Gasteiger partial charge in [0, 0.05) is 13.6 Å². The van der Waals surface area contributed by atoms with Gasteiger partial charge in [-0.15, -0.1) is 0 Å². The van der Waals surface area contributed by atoms with Crippen LogP contribution < -0.4 is 0 Å². The molecule has 0 unspecified atom stereocenters. The first-order chi connectivity index (χ1) is 7.90. The van der Waals surface area contributed by atoms with Crippen LogP contribution in [0.2, 0.25) is 0 Å². The highest BCUT2D eigenvalue weighted by Gasteiger charge is 2.54. The maximum Gasteiger partial charge on any atom is 0.324 e. The minimum Gasteiger partial charge on any atom is -0.480 e. The van der Waals surface area contributed by atoms with E-state index in [2.05, 4.69) is 13.8 Å². The fraction of sp³-hybridized carbons (Fsp3) is 0.833. The lowest BCUT2D eigenvalue weighted by Gasteiger charge is -2.38. The number of ether oxygens (including phenoxy) is 1. The Morgan fingerprint density at radius 1 is 1.41 bits per heavy atom. The third-order valence-corrected chi connectivity index (χ3v) is 3.14. The molecule has 1 N–H and O–H groups in total. The summed E-state index contributed by atoms with van der Waals surface area (Å²) in [4.78, 5) is 24.6. The fourth-order valence-corrected chi connectivity index (χ4v) is 1.85. The summed E-state index contributed by atoms with van der Waals surface area (Å²) in [6.45, 7) is 4.85. The lowest BCUT2D eigenvalue weighted by molar-refractivity contribution is -0.190. The topological polar surface area (TPSA) is 66.8 Å². The van der Waals surface area contributed by atoms with E-state index in [0.29, 0.717) is 12.5 Å². The van der Waals surface area contributed by atoms with Gasteiger partial charge >= 0.3 is 5.97 Å². The van der Waals surface area contributed by atoms with Gasteiger partial charge in [0.25, 0.3) is 0 Å². The highest BCUT2D eigenvalue weighted by Crippen LogP contribution is 2.30. The predicted molar refractivity (Wildman–Crippen MR) is 62.6 cm³/mol. The number of nitrogens with zero attached hydrogens (tertiary/aromatic N) is 1. The summed E-state index contributed by atoms with van der Waals surface area (Å²) in [6.07, 6.45) is 1.94. The van der Waals surface area contributed by atoms with E-state index in [4.69, 9.17) is 9.84 Å². The molecule has 1 aliphatic rings. The predicted octanol–water partition coefficient (Wildman–Crippen LogP) is 0.982. The molecule has 5 nitrogen and oxygen atoms in total. The van der Waals surface area contributed by atoms with Gasteiger partial charge in [-0.2, -0.15) is 0 Å². The van der Waals surface area contributed by atoms with Crippen LogP contribution in [0.3, 0.4) is 0 Å². The van der Waals surface area contributed by atoms with Crippen LogP contribution in [-0.2, 0) is 14.3 Å². The molecule has 0 aromatic carbocycles. The van der Waals surface area contributed by atoms with Gasteiger partial charge in [0.05, 0.1) is 13.2 Å². The van der Waals surface area contributed by atoms with Crippen molar-refractivity contribution >= 4 is 11.9 Å². The standard InChI is InChI=1S/C12H21NO4/c1-9(2)5-4-6-13(3)10(14)12(11(15)16)7-17-8-12/h9H,4-8H2,1-3H3,(H,15,16). The molecule has 17 heavy (non-hydrogen) atoms. The van der Waals surface area contributed by atoms with Crippen molar-refractivity contribution in [3.63, 3.8) is 0 Å². The maximum atomic E-state index is 12.0. The van der Waals surface area contributed by atoms with E-state index in [1.165, 1.54) is 4.90 Å². The molecule has 0 spiro atoms. The van der Waals surface area contributed by atoms with Gasteiger partial charge < -0.3 is 14.7 Å². The van der Waals surface area contributed by atoms with E-state index >= 15 is 0 Å². The van der Waals surface area contributed by atoms with Crippen LogP contribution in [0.1, 0.15) is 26.7 Å². The third-order valence-electron chi connectivity index (χ3n) is 3.14. The Morgan fingerprint density at radius 3 is 2.35 bits per heavy atom. The molecule has 5 heteroatoms. The zero-order valence-electron chi connectivity index (χ0n) is 10.7. The number of rotatable bonds is 6. The van der Waals surface area contributed by atoms with E-state index in [1.54, 1.807) is 7.05 Å². The Bertz CT molecular complexity index is 297. The Kier molecular flexibility index (Phi) is 4.51. The summed E-state index contributed by atoms with van der Waals surface area (Å²) in [5.41, 5.74) is -1.33. The first kappa shape index (κ1) is 14.0. The second-order valence-electron chi connectivity index (χ2n) is 5.14. The summed E-state index contributed by atoms with van der Waals surface area (Å²) in [7, 11) is 1.66. The van der Waals surface area contributed by atoms with Crippen LogP contribution in [0, 0.1) is 11.3 Å². The molecule has 1 amide bonds. The van der Waals surface area contributed by atoms with E-state index in [-0.39, 0.29) is 19.1 Å². The summed E-state index contributed by atoms with van der Waals surface area (Å²) in [6, 6.07) is 0. The third kappa shape index (κ3) is 2.97. The summed E-state index contributed by atoms with van der Waals surface area (Å²) < 4.78 is 4.89. The number of carboxylic acid groups (broad SMARTS) is 1. The van der Waals surface area contributed by atoms with E-state index in [0.717, 1.165) is 12.8 Å². The molecule has 1 aliphatic heterocycles. The number of carbonyl (C=O) groups excluding carboxylic acids is 1. The maximum absolute atomic E-state index is 12.0. The summed E-state index contributed by atoms with van der Waals surface area (Å²) in [5.74, 6) is -0.816. The number of hydrogen-bond donors (Lipinski definition) is 1. The molecule has 0 bridgehead atoms. The van der Waals surface area contributed by atoms with Crippen molar-refractivity contribution < 1.29 is 19.4 Å². The average molecular weight is 243 g/mol. The van der Waals surface area contributed by atoms with Crippen LogP contribution in [0.4, 0.5) is 0 Å². The summed E-state index contributed by atoms with van der Waals surface area (Å²) in [5, 5.41) is 9.09. The molecule has 0 saturated carbocycles. The van der Waals surface area contributed by atoms with Crippen LogP contribution in [0.15, 0.2) is 0 Å². The Morgan fingerprint density at radius 2 is 2.00 bits per heavy atom. The van der Waals surface area contributed by atoms with Crippen LogP contribution in [-0.4, -0.2) is 48.7 Å². The molecule has 1 saturated heterocycles. The molecule has 1 rings (SSSR count). The number of hydrogen-bond acceptors (Lipinski definition) is 3. The van der Waals surface area contributed by atoms with Gasteiger partial charge in [0.2, 0.25) is 5.91 Å². The molecule has 0 aromatic rings. The van der Waals surface area contributed by atoms with Gasteiger partial charge in [0.1, 0.15) is 0 Å². The second kappa shape index (κ2) is 5.49. The van der Waals surface area contributed by atoms with Crippen molar-refractivity contribution in [3.05, 3.63) is 0 Å². The largest absolute Gasteiger partial charge is 0.480 e. The van der Waals surface area contributed by atoms with Gasteiger partial charge in [0.15, 0.2) is 5.41 Å². The summed E-state index contributed by atoms with van der Waals surface area (Å²) >= 11 is 0. The molecule has 0 atom stereocenters. The fourth-order valence-electron chi connectivity index (χ4n) is 1.85. The van der Waals surface area contributed by atoms with Crippen molar-refractivity contribution in [2.45, 2.75) is 26.7 Å². The monoisotopic (exact) mass is 243 g/mol. The molecule has 98 valence electrons. The number of aliphatic carboxylic acids is 1. The molecule has 1 heterocycles. The molecule has 0 aliphatic carbocycles. The number of carboxylic acids is 1. The SMILES string of the molecule is CC(C)CCCN(C)C(=O)C1(C(=O)O)COC1. The van der Waals surface area contributed by atoms with Gasteiger partial charge in [-0.25, -0.2) is 0 Å². The molecule has 0 radical (unpaired) electrons. The zero-order chi connectivity index (χ0) is 13.1. The molecular weight excluding hydrogens is 222 g/mol. The Hall–Kier alpha value is -1.10. The van der Waals surface area contributed by atoms with Crippen molar-refractivity contribution in [2.75, 3.05) is 26.8 Å². The first-order valence-electron chi connectivity index (χ1n) is 5.97. The molecular formula is C12H21NO4. The first-order valence-corrected chi connectivity index (χ1v) is 5.97. The van der Waals surface area contributed by atoms with Gasteiger partial charge in [-0.05, 0) is 18.8 Å². The average Bonchev–Trinajstić information content (AvgIpc) is 2.14. The minimum absolute atomic E-state index is 0.00428. The lowest BCUT2D eigenvalue weighted by Crippen LogP contribution is -2.59. The van der Waals surface area contributed by atoms with Crippen molar-refractivity contribution in [1.29, 1.82) is 0 Å². The van der Waals surface area contributed by atoms with Crippen LogP contribution in [0.25, 0.3) is 0 Å². The van der Waals surface area contributed by atoms with E-state index in [9.17, 15) is 9.59 Å². The zero-order valence-corrected chi connectivity index (χ0v) is 10.7. The van der Waals surface area contributed by atoms with Crippen LogP contribution >= 0.6 is 0 Å². The smallest absolute Gasteiger partial charge is 0.324 e. The van der Waals surface area contributed by atoms with E-state index < -0.39 is 11.4 Å². The quantitative estimate of drug-likeness (QED) is 0.706. The lowest BCUT2D eigenvalue weighted by atomic mass is 9.84. The number of carbonyl (C=O) groups is 2. The minimum atomic E-state index is -1.33. The number of amides is 1. The molecule has 0 aromatic heterocycles. The van der Waals surface area contributed by atoms with Crippen molar-refractivity contribution in [1.82, 2.24) is 4.90 Å². The Labute approximate surface area is 102 Å². The Balaban J connectivity index is 2.48. The highest BCUT2D eigenvalue weighted by molar-refractivity contribution is 6.03. The van der Waals surface area contributed by atoms with Gasteiger partial charge in [-0.3, -0.25) is 9.59 Å². The van der Waals surface area contributed by atoms with Crippen molar-refractivity contribution in [2.24, 2.45) is 11.3 Å². The second-order valence-corrected chi connectivity index (χ2v) is 5.14.